The number of methoxy groups -OCH3 is 1. The van der Waals surface area contributed by atoms with E-state index in [1.807, 2.05) is 0 Å². The normalized spacial score (nSPS) is 9.64. The van der Waals surface area contributed by atoms with Gasteiger partial charge in [-0.25, -0.2) is 4.98 Å². The summed E-state index contributed by atoms with van der Waals surface area (Å²) in [5, 5.41) is 9.21. The number of ether oxygens (including phenoxy) is 1. The number of nitrogens with zero attached hydrogens (tertiary/aromatic N) is 1. The maximum atomic E-state index is 9.21. The highest BCUT2D eigenvalue weighted by Crippen LogP contribution is 2.30. The summed E-state index contributed by atoms with van der Waals surface area (Å²) < 4.78 is 4.84. The van der Waals surface area contributed by atoms with Crippen LogP contribution >= 0.6 is 0 Å². The zero-order chi connectivity index (χ0) is 8.43. The van der Waals surface area contributed by atoms with Gasteiger partial charge in [0, 0.05) is 11.8 Å². The molecule has 3 N–H and O–H groups in total. The molecule has 0 amide bonds. The van der Waals surface area contributed by atoms with Crippen LogP contribution in [0.1, 0.15) is 5.69 Å². The summed E-state index contributed by atoms with van der Waals surface area (Å²) in [4.78, 5) is 3.83. The van der Waals surface area contributed by atoms with E-state index in [-0.39, 0.29) is 11.6 Å². The predicted molar refractivity (Wildman–Crippen MR) is 41.6 cm³/mol. The number of aromatic hydroxyl groups is 1. The highest BCUT2D eigenvalue weighted by molar-refractivity contribution is 5.54. The second-order valence-corrected chi connectivity index (χ2v) is 2.20. The molecule has 1 aromatic rings. The Hall–Kier alpha value is -1.45. The van der Waals surface area contributed by atoms with Crippen molar-refractivity contribution in [2.75, 3.05) is 12.8 Å². The molecule has 4 nitrogen and oxygen atoms in total. The number of nitrogen functional groups attached to an aromatic ring is 1. The fraction of sp³-hybridized carbons (Fsp3) is 0.286. The molecule has 0 aliphatic carbocycles. The molecular weight excluding hydrogens is 144 g/mol. The molecule has 0 atom stereocenters. The fourth-order valence-electron chi connectivity index (χ4n) is 0.815. The van der Waals surface area contributed by atoms with Crippen molar-refractivity contribution >= 4 is 5.82 Å². The first kappa shape index (κ1) is 7.65. The van der Waals surface area contributed by atoms with E-state index in [0.29, 0.717) is 5.75 Å². The molecule has 0 aliphatic rings. The van der Waals surface area contributed by atoms with Crippen molar-refractivity contribution < 1.29 is 9.84 Å². The molecule has 0 radical (unpaired) electrons. The molecule has 60 valence electrons. The number of hydrogen-bond donors (Lipinski definition) is 2. The largest absolute Gasteiger partial charge is 0.502 e. The van der Waals surface area contributed by atoms with E-state index in [4.69, 9.17) is 10.5 Å². The van der Waals surface area contributed by atoms with Gasteiger partial charge in [0.05, 0.1) is 7.11 Å². The van der Waals surface area contributed by atoms with Gasteiger partial charge in [-0.05, 0) is 6.92 Å². The molecular formula is C7H10N2O2. The van der Waals surface area contributed by atoms with Crippen LogP contribution in [0.25, 0.3) is 0 Å². The van der Waals surface area contributed by atoms with Crippen molar-refractivity contribution in [1.82, 2.24) is 4.98 Å². The van der Waals surface area contributed by atoms with Crippen LogP contribution in [0, 0.1) is 6.92 Å². The Morgan fingerprint density at radius 2 is 2.27 bits per heavy atom. The molecule has 0 saturated heterocycles. The zero-order valence-corrected chi connectivity index (χ0v) is 6.46. The minimum atomic E-state index is -0.0990. The van der Waals surface area contributed by atoms with Crippen LogP contribution in [0.3, 0.4) is 0 Å². The van der Waals surface area contributed by atoms with Gasteiger partial charge in [-0.3, -0.25) is 0 Å². The van der Waals surface area contributed by atoms with E-state index in [2.05, 4.69) is 4.98 Å². The highest BCUT2D eigenvalue weighted by atomic mass is 16.5. The van der Waals surface area contributed by atoms with Gasteiger partial charge in [0.15, 0.2) is 11.6 Å². The van der Waals surface area contributed by atoms with E-state index in [1.165, 1.54) is 7.11 Å². The van der Waals surface area contributed by atoms with Crippen LogP contribution in [0.15, 0.2) is 6.07 Å². The number of hydrogen-bond acceptors (Lipinski definition) is 4. The summed E-state index contributed by atoms with van der Waals surface area (Å²) in [5.74, 6) is 0.356. The van der Waals surface area contributed by atoms with Crippen LogP contribution in [-0.4, -0.2) is 17.2 Å². The first-order valence-corrected chi connectivity index (χ1v) is 3.15. The van der Waals surface area contributed by atoms with Crippen LogP contribution < -0.4 is 10.5 Å². The predicted octanol–water partition coefficient (Wildman–Crippen LogP) is 0.686. The molecule has 0 aliphatic heterocycles. The minimum Gasteiger partial charge on any atom is -0.502 e. The number of aromatic nitrogens is 1. The van der Waals surface area contributed by atoms with Crippen LogP contribution in [0.2, 0.25) is 0 Å². The third kappa shape index (κ3) is 1.34. The monoisotopic (exact) mass is 154 g/mol. The van der Waals surface area contributed by atoms with Gasteiger partial charge >= 0.3 is 0 Å². The lowest BCUT2D eigenvalue weighted by molar-refractivity contribution is 0.373. The van der Waals surface area contributed by atoms with Gasteiger partial charge in [-0.15, -0.1) is 0 Å². The third-order valence-corrected chi connectivity index (χ3v) is 1.33. The molecule has 0 bridgehead atoms. The second kappa shape index (κ2) is 2.65. The van der Waals surface area contributed by atoms with Crippen LogP contribution in [0.5, 0.6) is 11.5 Å². The van der Waals surface area contributed by atoms with Crippen molar-refractivity contribution in [3.05, 3.63) is 11.8 Å². The summed E-state index contributed by atoms with van der Waals surface area (Å²) in [7, 11) is 1.47. The van der Waals surface area contributed by atoms with E-state index in [1.54, 1.807) is 13.0 Å². The van der Waals surface area contributed by atoms with Crippen LogP contribution in [-0.2, 0) is 0 Å². The summed E-state index contributed by atoms with van der Waals surface area (Å²) in [6.45, 7) is 1.78. The Morgan fingerprint density at radius 1 is 1.64 bits per heavy atom. The molecule has 0 saturated carbocycles. The Morgan fingerprint density at radius 3 is 2.82 bits per heavy atom. The van der Waals surface area contributed by atoms with E-state index >= 15 is 0 Å². The lowest BCUT2D eigenvalue weighted by Crippen LogP contribution is -1.95. The van der Waals surface area contributed by atoms with E-state index in [0.717, 1.165) is 5.69 Å². The summed E-state index contributed by atoms with van der Waals surface area (Å²) in [6, 6.07) is 1.62. The minimum absolute atomic E-state index is 0.0989. The first-order chi connectivity index (χ1) is 5.15. The molecule has 0 fully saturated rings. The van der Waals surface area contributed by atoms with Gasteiger partial charge in [0.1, 0.15) is 0 Å². The average Bonchev–Trinajstić information content (AvgIpc) is 1.96. The van der Waals surface area contributed by atoms with Crippen LogP contribution in [0.4, 0.5) is 5.82 Å². The molecule has 0 unspecified atom stereocenters. The maximum Gasteiger partial charge on any atom is 0.200 e. The molecule has 0 aromatic carbocycles. The summed E-state index contributed by atoms with van der Waals surface area (Å²) >= 11 is 0. The van der Waals surface area contributed by atoms with Gasteiger partial charge in [0.25, 0.3) is 0 Å². The topological polar surface area (TPSA) is 68.4 Å². The van der Waals surface area contributed by atoms with E-state index < -0.39 is 0 Å². The number of pyridine rings is 1. The molecule has 1 aromatic heterocycles. The van der Waals surface area contributed by atoms with E-state index in [9.17, 15) is 5.11 Å². The number of anilines is 1. The molecule has 1 rings (SSSR count). The first-order valence-electron chi connectivity index (χ1n) is 3.15. The summed E-state index contributed by atoms with van der Waals surface area (Å²) in [5.41, 5.74) is 6.08. The molecule has 1 heterocycles. The maximum absolute atomic E-state index is 9.21. The van der Waals surface area contributed by atoms with Gasteiger partial charge in [-0.1, -0.05) is 0 Å². The SMILES string of the molecule is COc1cc(C)nc(N)c1O. The second-order valence-electron chi connectivity index (χ2n) is 2.20. The molecule has 0 spiro atoms. The number of aryl methyl sites for hydroxylation is 1. The highest BCUT2D eigenvalue weighted by Gasteiger charge is 2.06. The zero-order valence-electron chi connectivity index (χ0n) is 6.46. The Kier molecular flexibility index (Phi) is 1.85. The molecule has 11 heavy (non-hydrogen) atoms. The summed E-state index contributed by atoms with van der Waals surface area (Å²) in [6.07, 6.45) is 0. The lowest BCUT2D eigenvalue weighted by atomic mass is 10.3. The lowest BCUT2D eigenvalue weighted by Gasteiger charge is -2.05. The smallest absolute Gasteiger partial charge is 0.200 e. The van der Waals surface area contributed by atoms with Gasteiger partial charge in [0.2, 0.25) is 5.75 Å². The van der Waals surface area contributed by atoms with Crippen molar-refractivity contribution in [3.63, 3.8) is 0 Å². The van der Waals surface area contributed by atoms with Crippen molar-refractivity contribution in [3.8, 4) is 11.5 Å². The Balaban J connectivity index is 3.24. The fourth-order valence-corrected chi connectivity index (χ4v) is 0.815. The third-order valence-electron chi connectivity index (χ3n) is 1.33. The average molecular weight is 154 g/mol. The van der Waals surface area contributed by atoms with Crippen molar-refractivity contribution in [2.45, 2.75) is 6.92 Å². The van der Waals surface area contributed by atoms with Crippen molar-refractivity contribution in [2.24, 2.45) is 0 Å². The van der Waals surface area contributed by atoms with Crippen molar-refractivity contribution in [1.29, 1.82) is 0 Å². The molecule has 4 heteroatoms. The Labute approximate surface area is 64.6 Å². The quantitative estimate of drug-likeness (QED) is 0.624. The Bertz CT molecular complexity index is 273. The van der Waals surface area contributed by atoms with Gasteiger partial charge in [-0.2, -0.15) is 0 Å². The standard InChI is InChI=1S/C7H10N2O2/c1-4-3-5(11-2)6(10)7(8)9-4/h3,10H,1-2H3,(H2,8,9). The number of nitrogens with two attached hydrogens (primary N) is 1. The number of rotatable bonds is 1. The van der Waals surface area contributed by atoms with Gasteiger partial charge < -0.3 is 15.6 Å².